The number of esters is 2. The largest absolute Gasteiger partial charge is 0.504 e. The van der Waals surface area contributed by atoms with Crippen molar-refractivity contribution in [3.8, 4) is 28.7 Å². The number of rotatable bonds is 30. The summed E-state index contributed by atoms with van der Waals surface area (Å²) in [5, 5.41) is 10.9. The SMILES string of the molecule is CCCCCCCCCCCCCCCC(=O)Oc1c(O)cc2oc3cc(=O)ccc-3nc2c1OC(=O)CCCCCCCCCCCCCCC. The van der Waals surface area contributed by atoms with E-state index in [1.54, 1.807) is 0 Å². The van der Waals surface area contributed by atoms with E-state index in [-0.39, 0.29) is 46.6 Å². The molecule has 0 fully saturated rings. The molecule has 0 spiro atoms. The van der Waals surface area contributed by atoms with E-state index >= 15 is 0 Å². The van der Waals surface area contributed by atoms with Gasteiger partial charge in [0.1, 0.15) is 5.69 Å². The quantitative estimate of drug-likeness (QED) is 0.0313. The number of phenolic OH excluding ortho intramolecular Hbond substituents is 1. The van der Waals surface area contributed by atoms with E-state index in [0.717, 1.165) is 38.5 Å². The lowest BCUT2D eigenvalue weighted by Gasteiger charge is -2.15. The highest BCUT2D eigenvalue weighted by Gasteiger charge is 2.25. The number of unbranched alkanes of at least 4 members (excludes halogenated alkanes) is 24. The first-order valence-corrected chi connectivity index (χ1v) is 20.9. The Balaban J connectivity index is 1.48. The summed E-state index contributed by atoms with van der Waals surface area (Å²) in [6.45, 7) is 4.50. The van der Waals surface area contributed by atoms with Crippen LogP contribution < -0.4 is 14.9 Å². The molecule has 0 saturated heterocycles. The third-order valence-corrected chi connectivity index (χ3v) is 9.94. The van der Waals surface area contributed by atoms with Crippen molar-refractivity contribution in [3.05, 3.63) is 34.5 Å². The average molecular weight is 722 g/mol. The van der Waals surface area contributed by atoms with Gasteiger partial charge in [-0.15, -0.1) is 0 Å². The summed E-state index contributed by atoms with van der Waals surface area (Å²) in [5.41, 5.74) is 0.364. The number of hydrogen-bond donors (Lipinski definition) is 1. The number of aromatic nitrogens is 1. The molecule has 290 valence electrons. The number of aromatic hydroxyl groups is 1. The number of ether oxygens (including phenoxy) is 2. The van der Waals surface area contributed by atoms with Gasteiger partial charge in [0.25, 0.3) is 0 Å². The number of hydrogen-bond acceptors (Lipinski definition) is 8. The van der Waals surface area contributed by atoms with Gasteiger partial charge >= 0.3 is 11.9 Å². The molecule has 1 aromatic rings. The van der Waals surface area contributed by atoms with Crippen molar-refractivity contribution in [1.29, 1.82) is 0 Å². The Morgan fingerprint density at radius 2 is 0.981 bits per heavy atom. The van der Waals surface area contributed by atoms with Crippen molar-refractivity contribution < 1.29 is 28.6 Å². The lowest BCUT2D eigenvalue weighted by Crippen LogP contribution is -2.13. The van der Waals surface area contributed by atoms with Gasteiger partial charge in [0.2, 0.25) is 11.5 Å². The topological polar surface area (TPSA) is 116 Å². The highest BCUT2D eigenvalue weighted by molar-refractivity contribution is 5.91. The first-order chi connectivity index (χ1) is 25.4. The van der Waals surface area contributed by atoms with Gasteiger partial charge in [-0.2, -0.15) is 0 Å². The molecule has 0 atom stereocenters. The minimum atomic E-state index is -0.514. The molecule has 3 rings (SSSR count). The van der Waals surface area contributed by atoms with Crippen molar-refractivity contribution in [3.63, 3.8) is 0 Å². The summed E-state index contributed by atoms with van der Waals surface area (Å²) >= 11 is 0. The second-order valence-electron chi connectivity index (χ2n) is 14.7. The van der Waals surface area contributed by atoms with Crippen LogP contribution in [-0.4, -0.2) is 22.0 Å². The first kappa shape index (κ1) is 43.0. The summed E-state index contributed by atoms with van der Waals surface area (Å²) in [6, 6.07) is 5.47. The van der Waals surface area contributed by atoms with Gasteiger partial charge in [0, 0.05) is 25.0 Å². The number of nitrogens with zero attached hydrogens (tertiary/aromatic N) is 1. The second-order valence-corrected chi connectivity index (χ2v) is 14.7. The molecule has 0 saturated carbocycles. The smallest absolute Gasteiger partial charge is 0.311 e. The van der Waals surface area contributed by atoms with Crippen molar-refractivity contribution >= 4 is 23.0 Å². The maximum atomic E-state index is 13.1. The number of fused-ring (bicyclic) bond motifs is 2. The van der Waals surface area contributed by atoms with E-state index in [4.69, 9.17) is 13.9 Å². The number of carbonyl (C=O) groups excluding carboxylic acids is 2. The maximum absolute atomic E-state index is 13.1. The normalized spacial score (nSPS) is 11.4. The Bertz CT molecular complexity index is 1460. The van der Waals surface area contributed by atoms with Gasteiger partial charge in [-0.05, 0) is 25.0 Å². The molecular formula is C44H67NO7. The molecular weight excluding hydrogens is 654 g/mol. The predicted molar refractivity (Wildman–Crippen MR) is 210 cm³/mol. The van der Waals surface area contributed by atoms with E-state index < -0.39 is 17.7 Å². The summed E-state index contributed by atoms with van der Waals surface area (Å²) in [4.78, 5) is 42.5. The van der Waals surface area contributed by atoms with Crippen LogP contribution in [0.4, 0.5) is 0 Å². The zero-order valence-corrected chi connectivity index (χ0v) is 32.5. The molecule has 1 N–H and O–H groups in total. The standard InChI is InChI=1S/C44H67NO7/c1-3-5-7-9-11-13-15-17-19-21-23-25-27-29-40(48)51-43-37(47)34-39-42(45-36-32-31-35(46)33-38(36)50-39)44(43)52-41(49)30-28-26-24-22-20-18-16-14-12-10-8-6-4-2/h31-34,47H,3-30H2,1-2H3. The fraction of sp³-hybridized carbons (Fsp3) is 0.682. The van der Waals surface area contributed by atoms with Gasteiger partial charge < -0.3 is 19.0 Å². The zero-order valence-electron chi connectivity index (χ0n) is 32.5. The van der Waals surface area contributed by atoms with Gasteiger partial charge in [-0.3, -0.25) is 14.4 Å². The fourth-order valence-corrected chi connectivity index (χ4v) is 6.78. The van der Waals surface area contributed by atoms with E-state index in [0.29, 0.717) is 18.5 Å². The summed E-state index contributed by atoms with van der Waals surface area (Å²) in [7, 11) is 0. The van der Waals surface area contributed by atoms with Gasteiger partial charge in [-0.1, -0.05) is 168 Å². The molecule has 8 nitrogen and oxygen atoms in total. The van der Waals surface area contributed by atoms with Crippen LogP contribution in [0.25, 0.3) is 22.6 Å². The minimum absolute atomic E-state index is 0.107. The number of carbonyl (C=O) groups is 2. The second kappa shape index (κ2) is 26.4. The molecule has 1 aromatic carbocycles. The average Bonchev–Trinajstić information content (AvgIpc) is 3.13. The van der Waals surface area contributed by atoms with E-state index in [1.165, 1.54) is 140 Å². The Morgan fingerprint density at radius 1 is 0.577 bits per heavy atom. The zero-order chi connectivity index (χ0) is 37.2. The van der Waals surface area contributed by atoms with Gasteiger partial charge in [0.05, 0.1) is 0 Å². The highest BCUT2D eigenvalue weighted by atomic mass is 16.6. The Morgan fingerprint density at radius 3 is 1.42 bits per heavy atom. The molecule has 0 unspecified atom stereocenters. The Labute approximate surface area is 312 Å². The van der Waals surface area contributed by atoms with Crippen LogP contribution in [0.15, 0.2) is 33.5 Å². The van der Waals surface area contributed by atoms with Crippen LogP contribution >= 0.6 is 0 Å². The molecule has 0 radical (unpaired) electrons. The minimum Gasteiger partial charge on any atom is -0.504 e. The summed E-state index contributed by atoms with van der Waals surface area (Å²) in [6.07, 6.45) is 31.7. The molecule has 2 aliphatic rings. The third-order valence-electron chi connectivity index (χ3n) is 9.94. The van der Waals surface area contributed by atoms with E-state index in [9.17, 15) is 19.5 Å². The van der Waals surface area contributed by atoms with E-state index in [1.807, 2.05) is 0 Å². The monoisotopic (exact) mass is 721 g/mol. The van der Waals surface area contributed by atoms with Crippen LogP contribution in [0.5, 0.6) is 17.2 Å². The molecule has 0 bridgehead atoms. The van der Waals surface area contributed by atoms with Crippen molar-refractivity contribution in [2.45, 2.75) is 194 Å². The Hall–Kier alpha value is -3.42. The predicted octanol–water partition coefficient (Wildman–Crippen LogP) is 12.8. The van der Waals surface area contributed by atoms with Crippen LogP contribution in [0, 0.1) is 0 Å². The molecule has 1 heterocycles. The lowest BCUT2D eigenvalue weighted by atomic mass is 10.0. The third kappa shape index (κ3) is 16.9. The van der Waals surface area contributed by atoms with Crippen molar-refractivity contribution in [2.24, 2.45) is 0 Å². The number of phenols is 1. The maximum Gasteiger partial charge on any atom is 0.311 e. The molecule has 52 heavy (non-hydrogen) atoms. The van der Waals surface area contributed by atoms with Crippen LogP contribution in [0.2, 0.25) is 0 Å². The molecule has 1 aliphatic heterocycles. The van der Waals surface area contributed by atoms with Crippen molar-refractivity contribution in [2.75, 3.05) is 0 Å². The van der Waals surface area contributed by atoms with Crippen LogP contribution in [0.3, 0.4) is 0 Å². The summed E-state index contributed by atoms with van der Waals surface area (Å²) in [5.74, 6) is -1.58. The van der Waals surface area contributed by atoms with Gasteiger partial charge in [-0.25, -0.2) is 4.98 Å². The Kier molecular flexibility index (Phi) is 21.8. The molecule has 0 amide bonds. The first-order valence-electron chi connectivity index (χ1n) is 20.9. The number of benzene rings is 2. The lowest BCUT2D eigenvalue weighted by molar-refractivity contribution is -0.137. The fourth-order valence-electron chi connectivity index (χ4n) is 6.78. The van der Waals surface area contributed by atoms with E-state index in [2.05, 4.69) is 18.8 Å². The van der Waals surface area contributed by atoms with Gasteiger partial charge in [0.15, 0.2) is 28.0 Å². The van der Waals surface area contributed by atoms with Crippen molar-refractivity contribution in [1.82, 2.24) is 4.98 Å². The van der Waals surface area contributed by atoms with Crippen LogP contribution in [-0.2, 0) is 9.59 Å². The summed E-state index contributed by atoms with van der Waals surface area (Å²) < 4.78 is 17.3. The van der Waals surface area contributed by atoms with Crippen LogP contribution in [0.1, 0.15) is 194 Å². The highest BCUT2D eigenvalue weighted by Crippen LogP contribution is 2.44. The molecule has 0 aromatic heterocycles. The molecule has 1 aliphatic carbocycles. The molecule has 8 heteroatoms.